The molecule has 7 heteroatoms. The van der Waals surface area contributed by atoms with Crippen molar-refractivity contribution in [1.29, 1.82) is 0 Å². The maximum atomic E-state index is 13.9. The molecule has 6 nitrogen and oxygen atoms in total. The molecule has 3 aromatic rings. The van der Waals surface area contributed by atoms with E-state index >= 15 is 0 Å². The number of imidazole rings is 1. The van der Waals surface area contributed by atoms with Gasteiger partial charge >= 0.3 is 0 Å². The van der Waals surface area contributed by atoms with Crippen molar-refractivity contribution in [1.82, 2.24) is 14.5 Å². The number of fused-ring (bicyclic) bond motifs is 1. The molecular weight excluding hydrogens is 407 g/mol. The number of aryl methyl sites for hydroxylation is 1. The number of hydrogen-bond donors (Lipinski definition) is 0. The molecule has 0 aliphatic carbocycles. The first-order valence-corrected chi connectivity index (χ1v) is 10.7. The predicted molar refractivity (Wildman–Crippen MR) is 121 cm³/mol. The number of hydrogen-bond acceptors (Lipinski definition) is 5. The van der Waals surface area contributed by atoms with Crippen molar-refractivity contribution in [2.75, 3.05) is 13.7 Å². The number of ether oxygens (including phenoxy) is 1. The van der Waals surface area contributed by atoms with Crippen molar-refractivity contribution in [3.8, 4) is 11.4 Å². The molecule has 2 aliphatic rings. The van der Waals surface area contributed by atoms with Gasteiger partial charge in [-0.25, -0.2) is 9.37 Å². The lowest BCUT2D eigenvalue weighted by Gasteiger charge is -2.37. The van der Waals surface area contributed by atoms with E-state index in [0.29, 0.717) is 0 Å². The summed E-state index contributed by atoms with van der Waals surface area (Å²) >= 11 is 0. The number of aromatic nitrogens is 2. The summed E-state index contributed by atoms with van der Waals surface area (Å²) in [6.07, 6.45) is 7.72. The van der Waals surface area contributed by atoms with Gasteiger partial charge in [0.25, 0.3) is 0 Å². The van der Waals surface area contributed by atoms with Gasteiger partial charge in [-0.2, -0.15) is 0 Å². The van der Waals surface area contributed by atoms with E-state index in [1.807, 2.05) is 42.8 Å². The van der Waals surface area contributed by atoms with E-state index in [9.17, 15) is 4.39 Å². The van der Waals surface area contributed by atoms with Crippen LogP contribution in [0.2, 0.25) is 0 Å². The smallest absolute Gasteiger partial charge is 0.234 e. The summed E-state index contributed by atoms with van der Waals surface area (Å²) in [6, 6.07) is 12.6. The van der Waals surface area contributed by atoms with E-state index in [2.05, 4.69) is 27.2 Å². The number of methoxy groups -OCH3 is 1. The van der Waals surface area contributed by atoms with Crippen LogP contribution in [0.1, 0.15) is 36.6 Å². The summed E-state index contributed by atoms with van der Waals surface area (Å²) in [5, 5.41) is 4.41. The Morgan fingerprint density at radius 2 is 2.09 bits per heavy atom. The fourth-order valence-corrected chi connectivity index (χ4v) is 4.40. The van der Waals surface area contributed by atoms with Gasteiger partial charge in [-0.3, -0.25) is 0 Å². The minimum absolute atomic E-state index is 0.283. The molecule has 0 saturated carbocycles. The van der Waals surface area contributed by atoms with Crippen molar-refractivity contribution in [3.05, 3.63) is 83.2 Å². The standard InChI is InChI=1S/C25H25FN4O2/c1-17-15-29(16-27-17)22-10-9-18(13-23(22)31-3)12-19-6-5-11-30-24(19)28-32-25(30,2)20-7-4-8-21(26)14-20/h4,7-10,12-16H,5-6,11H2,1-3H3. The fraction of sp³-hybridized carbons (Fsp3) is 0.280. The van der Waals surface area contributed by atoms with Gasteiger partial charge < -0.3 is 19.0 Å². The molecule has 1 saturated heterocycles. The second kappa shape index (κ2) is 7.82. The van der Waals surface area contributed by atoms with Crippen LogP contribution >= 0.6 is 0 Å². The summed E-state index contributed by atoms with van der Waals surface area (Å²) in [6.45, 7) is 4.69. The van der Waals surface area contributed by atoms with Crippen LogP contribution in [-0.2, 0) is 10.6 Å². The van der Waals surface area contributed by atoms with E-state index in [4.69, 9.17) is 9.57 Å². The molecule has 0 N–H and O–H groups in total. The fourth-order valence-electron chi connectivity index (χ4n) is 4.40. The first kappa shape index (κ1) is 20.3. The van der Waals surface area contributed by atoms with Crippen molar-refractivity contribution in [2.24, 2.45) is 5.16 Å². The minimum atomic E-state index is -0.822. The van der Waals surface area contributed by atoms with E-state index < -0.39 is 5.72 Å². The third kappa shape index (κ3) is 3.43. The monoisotopic (exact) mass is 432 g/mol. The molecule has 0 spiro atoms. The Morgan fingerprint density at radius 1 is 1.22 bits per heavy atom. The largest absolute Gasteiger partial charge is 0.495 e. The molecule has 0 bridgehead atoms. The predicted octanol–water partition coefficient (Wildman–Crippen LogP) is 5.02. The SMILES string of the molecule is COc1cc(C=C2CCCN3C2=NOC3(C)c2cccc(F)c2)ccc1-n1cnc(C)c1. The molecule has 32 heavy (non-hydrogen) atoms. The van der Waals surface area contributed by atoms with Gasteiger partial charge in [0, 0.05) is 25.2 Å². The number of piperidine rings is 1. The van der Waals surface area contributed by atoms with Gasteiger partial charge in [0.1, 0.15) is 11.6 Å². The number of halogens is 1. The van der Waals surface area contributed by atoms with Crippen LogP contribution in [0.15, 0.2) is 65.7 Å². The summed E-state index contributed by atoms with van der Waals surface area (Å²) in [5.41, 5.74) is 3.91. The quantitative estimate of drug-likeness (QED) is 0.581. The molecule has 3 heterocycles. The molecule has 1 aromatic heterocycles. The van der Waals surface area contributed by atoms with E-state index in [-0.39, 0.29) is 5.82 Å². The summed E-state index contributed by atoms with van der Waals surface area (Å²) in [7, 11) is 1.67. The topological polar surface area (TPSA) is 51.9 Å². The number of benzene rings is 2. The van der Waals surface area contributed by atoms with Crippen LogP contribution in [0.25, 0.3) is 11.8 Å². The Balaban J connectivity index is 1.46. The van der Waals surface area contributed by atoms with E-state index in [0.717, 1.165) is 59.1 Å². The molecule has 0 radical (unpaired) electrons. The number of oxime groups is 1. The lowest BCUT2D eigenvalue weighted by atomic mass is 9.95. The first-order chi connectivity index (χ1) is 15.5. The molecule has 1 atom stereocenters. The maximum absolute atomic E-state index is 13.9. The van der Waals surface area contributed by atoms with Gasteiger partial charge in [-0.05, 0) is 61.2 Å². The highest BCUT2D eigenvalue weighted by molar-refractivity contribution is 6.03. The van der Waals surface area contributed by atoms with Crippen molar-refractivity contribution < 1.29 is 14.0 Å². The average Bonchev–Trinajstić information content (AvgIpc) is 3.38. The lowest BCUT2D eigenvalue weighted by molar-refractivity contribution is -0.0914. The zero-order valence-corrected chi connectivity index (χ0v) is 18.4. The molecule has 5 rings (SSSR count). The normalized spacial score (nSPS) is 21.3. The average molecular weight is 432 g/mol. The van der Waals surface area contributed by atoms with E-state index in [1.165, 1.54) is 12.1 Å². The molecule has 2 aromatic carbocycles. The van der Waals surface area contributed by atoms with Crippen LogP contribution in [0, 0.1) is 12.7 Å². The second-order valence-electron chi connectivity index (χ2n) is 8.28. The Hall–Kier alpha value is -3.61. The van der Waals surface area contributed by atoms with Crippen LogP contribution < -0.4 is 4.74 Å². The highest BCUT2D eigenvalue weighted by Crippen LogP contribution is 2.40. The van der Waals surface area contributed by atoms with Crippen LogP contribution in [0.4, 0.5) is 4.39 Å². The minimum Gasteiger partial charge on any atom is -0.495 e. The van der Waals surface area contributed by atoms with Gasteiger partial charge in [-0.1, -0.05) is 23.4 Å². The Morgan fingerprint density at radius 3 is 2.84 bits per heavy atom. The third-order valence-corrected chi connectivity index (χ3v) is 6.09. The van der Waals surface area contributed by atoms with Gasteiger partial charge in [0.2, 0.25) is 5.72 Å². The van der Waals surface area contributed by atoms with Crippen molar-refractivity contribution in [2.45, 2.75) is 32.4 Å². The third-order valence-electron chi connectivity index (χ3n) is 6.09. The van der Waals surface area contributed by atoms with Gasteiger partial charge in [-0.15, -0.1) is 0 Å². The number of rotatable bonds is 4. The molecule has 164 valence electrons. The number of nitrogens with zero attached hydrogens (tertiary/aromatic N) is 4. The summed E-state index contributed by atoms with van der Waals surface area (Å²) < 4.78 is 21.5. The highest BCUT2D eigenvalue weighted by atomic mass is 19.1. The zero-order valence-electron chi connectivity index (χ0n) is 18.4. The maximum Gasteiger partial charge on any atom is 0.234 e. The first-order valence-electron chi connectivity index (χ1n) is 10.7. The lowest BCUT2D eigenvalue weighted by Crippen LogP contribution is -2.47. The number of amidine groups is 1. The highest BCUT2D eigenvalue weighted by Gasteiger charge is 2.45. The van der Waals surface area contributed by atoms with Crippen LogP contribution in [0.5, 0.6) is 5.75 Å². The Kier molecular flexibility index (Phi) is 4.96. The Bertz CT molecular complexity index is 1230. The van der Waals surface area contributed by atoms with Gasteiger partial charge in [0.05, 0.1) is 24.8 Å². The molecule has 1 unspecified atom stereocenters. The molecular formula is C25H25FN4O2. The van der Waals surface area contributed by atoms with Gasteiger partial charge in [0.15, 0.2) is 5.84 Å². The summed E-state index contributed by atoms with van der Waals surface area (Å²) in [5.74, 6) is 1.28. The second-order valence-corrected chi connectivity index (χ2v) is 8.28. The van der Waals surface area contributed by atoms with Crippen LogP contribution in [-0.4, -0.2) is 33.9 Å². The van der Waals surface area contributed by atoms with Crippen molar-refractivity contribution >= 4 is 11.9 Å². The van der Waals surface area contributed by atoms with Crippen molar-refractivity contribution in [3.63, 3.8) is 0 Å². The van der Waals surface area contributed by atoms with Crippen LogP contribution in [0.3, 0.4) is 0 Å². The molecule has 0 amide bonds. The van der Waals surface area contributed by atoms with E-state index in [1.54, 1.807) is 19.5 Å². The molecule has 2 aliphatic heterocycles. The molecule has 1 fully saturated rings. The zero-order chi connectivity index (χ0) is 22.3. The Labute approximate surface area is 186 Å². The summed E-state index contributed by atoms with van der Waals surface area (Å²) in [4.78, 5) is 12.3.